The second kappa shape index (κ2) is 12.1. The molecule has 3 saturated heterocycles. The van der Waals surface area contributed by atoms with Gasteiger partial charge in [0.1, 0.15) is 5.82 Å². The van der Waals surface area contributed by atoms with E-state index >= 15 is 0 Å². The summed E-state index contributed by atoms with van der Waals surface area (Å²) in [5, 5.41) is 0. The van der Waals surface area contributed by atoms with Gasteiger partial charge in [-0.25, -0.2) is 15.0 Å². The lowest BCUT2D eigenvalue weighted by atomic mass is 10.0. The van der Waals surface area contributed by atoms with Crippen molar-refractivity contribution in [2.24, 2.45) is 0 Å². The number of morpholine rings is 1. The van der Waals surface area contributed by atoms with Crippen LogP contribution in [0.1, 0.15) is 26.7 Å². The Morgan fingerprint density at radius 2 is 1.59 bits per heavy atom. The van der Waals surface area contributed by atoms with E-state index in [-0.39, 0.29) is 11.9 Å². The topological polar surface area (TPSA) is 121 Å². The number of piperazine rings is 1. The first kappa shape index (κ1) is 27.0. The lowest BCUT2D eigenvalue weighted by Crippen LogP contribution is -2.55. The summed E-state index contributed by atoms with van der Waals surface area (Å²) in [5.41, 5.74) is 9.37. The number of hydrogen-bond donors (Lipinski definition) is 1. The molecule has 39 heavy (non-hydrogen) atoms. The molecule has 3 fully saturated rings. The molecule has 2 aromatic rings. The molecule has 2 N–H and O–H groups in total. The number of aromatic nitrogens is 3. The summed E-state index contributed by atoms with van der Waals surface area (Å²) < 4.78 is 5.55. The number of amides is 1. The van der Waals surface area contributed by atoms with Gasteiger partial charge in [-0.15, -0.1) is 0 Å². The van der Waals surface area contributed by atoms with Crippen LogP contribution in [0.15, 0.2) is 36.2 Å². The lowest BCUT2D eigenvalue weighted by Gasteiger charge is -2.43. The maximum absolute atomic E-state index is 12.5. The molecule has 5 heterocycles. The largest absolute Gasteiger partial charge is 0.378 e. The molecule has 3 aliphatic rings. The monoisotopic (exact) mass is 534 g/mol. The van der Waals surface area contributed by atoms with Gasteiger partial charge in [-0.05, 0) is 38.8 Å². The fourth-order valence-corrected chi connectivity index (χ4v) is 5.52. The standard InChI is InChI=1S/C28H38N8O3/c1-20(2)15-25(37)27(38)36-9-7-34(8-10-36)22-3-5-33(6-4-22)23-16-24(21-18-30-28(29)31-19-21)32-26(17-23)35-11-13-39-14-12-35/h15-19,22H,3-14H2,1-2H3,(H2,29,30,31). The van der Waals surface area contributed by atoms with E-state index in [1.54, 1.807) is 17.3 Å². The van der Waals surface area contributed by atoms with E-state index in [1.807, 2.05) is 13.8 Å². The van der Waals surface area contributed by atoms with Crippen molar-refractivity contribution in [3.63, 3.8) is 0 Å². The van der Waals surface area contributed by atoms with Crippen molar-refractivity contribution >= 4 is 29.1 Å². The summed E-state index contributed by atoms with van der Waals surface area (Å²) in [5.74, 6) is 0.375. The van der Waals surface area contributed by atoms with Crippen molar-refractivity contribution < 1.29 is 14.3 Å². The van der Waals surface area contributed by atoms with Crippen LogP contribution in [-0.2, 0) is 14.3 Å². The predicted octanol–water partition coefficient (Wildman–Crippen LogP) is 1.61. The van der Waals surface area contributed by atoms with Crippen molar-refractivity contribution in [2.45, 2.75) is 32.7 Å². The van der Waals surface area contributed by atoms with Gasteiger partial charge in [-0.2, -0.15) is 0 Å². The van der Waals surface area contributed by atoms with E-state index in [2.05, 4.69) is 36.8 Å². The number of carbonyl (C=O) groups excluding carboxylic acids is 2. The summed E-state index contributed by atoms with van der Waals surface area (Å²) in [6.45, 7) is 11.3. The van der Waals surface area contributed by atoms with Crippen molar-refractivity contribution in [1.29, 1.82) is 0 Å². The van der Waals surface area contributed by atoms with Gasteiger partial charge in [-0.3, -0.25) is 14.5 Å². The van der Waals surface area contributed by atoms with Crippen LogP contribution in [-0.4, -0.2) is 108 Å². The SMILES string of the molecule is CC(C)=CC(=O)C(=O)N1CCN(C2CCN(c3cc(-c4cnc(N)nc4)nc(N4CCOCC4)c3)CC2)CC1. The molecule has 1 amide bonds. The minimum Gasteiger partial charge on any atom is -0.378 e. The molecule has 5 rings (SSSR count). The Labute approximate surface area is 229 Å². The molecule has 3 aliphatic heterocycles. The van der Waals surface area contributed by atoms with Crippen LogP contribution in [0, 0.1) is 0 Å². The normalized spacial score (nSPS) is 19.2. The maximum atomic E-state index is 12.5. The highest BCUT2D eigenvalue weighted by Gasteiger charge is 2.31. The molecule has 0 radical (unpaired) electrons. The summed E-state index contributed by atoms with van der Waals surface area (Å²) in [6, 6.07) is 4.77. The molecule has 0 bridgehead atoms. The van der Waals surface area contributed by atoms with Crippen molar-refractivity contribution in [3.8, 4) is 11.3 Å². The zero-order chi connectivity index (χ0) is 27.4. The third-order valence-electron chi connectivity index (χ3n) is 7.68. The Morgan fingerprint density at radius 1 is 0.923 bits per heavy atom. The number of anilines is 3. The zero-order valence-corrected chi connectivity index (χ0v) is 22.9. The van der Waals surface area contributed by atoms with E-state index < -0.39 is 5.78 Å². The second-order valence-corrected chi connectivity index (χ2v) is 10.6. The molecule has 0 aromatic carbocycles. The molecule has 11 nitrogen and oxygen atoms in total. The Balaban J connectivity index is 1.23. The van der Waals surface area contributed by atoms with Crippen molar-refractivity contribution in [1.82, 2.24) is 24.8 Å². The number of rotatable bonds is 6. The first-order valence-corrected chi connectivity index (χ1v) is 13.8. The Hall–Kier alpha value is -3.57. The van der Waals surface area contributed by atoms with Gasteiger partial charge in [0, 0.05) is 88.1 Å². The van der Waals surface area contributed by atoms with Crippen LogP contribution in [0.25, 0.3) is 11.3 Å². The van der Waals surface area contributed by atoms with E-state index in [1.165, 1.54) is 6.08 Å². The first-order chi connectivity index (χ1) is 18.9. The summed E-state index contributed by atoms with van der Waals surface area (Å²) in [7, 11) is 0. The number of carbonyl (C=O) groups is 2. The van der Waals surface area contributed by atoms with Crippen LogP contribution in [0.5, 0.6) is 0 Å². The van der Waals surface area contributed by atoms with Gasteiger partial charge >= 0.3 is 0 Å². The van der Waals surface area contributed by atoms with E-state index in [9.17, 15) is 9.59 Å². The number of nitrogen functional groups attached to an aromatic ring is 1. The highest BCUT2D eigenvalue weighted by molar-refractivity contribution is 6.40. The fourth-order valence-electron chi connectivity index (χ4n) is 5.52. The molecule has 208 valence electrons. The fraction of sp³-hybridized carbons (Fsp3) is 0.536. The van der Waals surface area contributed by atoms with Crippen LogP contribution < -0.4 is 15.5 Å². The number of piperidine rings is 1. The summed E-state index contributed by atoms with van der Waals surface area (Å²) in [6.07, 6.45) is 6.96. The van der Waals surface area contributed by atoms with Crippen molar-refractivity contribution in [3.05, 3.63) is 36.2 Å². The number of pyridine rings is 1. The number of allylic oxidation sites excluding steroid dienone is 1. The molecular weight excluding hydrogens is 496 g/mol. The second-order valence-electron chi connectivity index (χ2n) is 10.6. The zero-order valence-electron chi connectivity index (χ0n) is 22.9. The molecule has 0 unspecified atom stereocenters. The van der Waals surface area contributed by atoms with Gasteiger partial charge < -0.3 is 25.2 Å². The number of ketones is 1. The van der Waals surface area contributed by atoms with E-state index in [0.29, 0.717) is 32.3 Å². The lowest BCUT2D eigenvalue weighted by molar-refractivity contribution is -0.143. The average molecular weight is 535 g/mol. The Bertz CT molecular complexity index is 1190. The quantitative estimate of drug-likeness (QED) is 0.432. The molecule has 11 heteroatoms. The van der Waals surface area contributed by atoms with Gasteiger partial charge in [0.05, 0.1) is 18.9 Å². The molecular formula is C28H38N8O3. The highest BCUT2D eigenvalue weighted by atomic mass is 16.5. The molecule has 0 spiro atoms. The molecule has 2 aromatic heterocycles. The van der Waals surface area contributed by atoms with Crippen LogP contribution in [0.4, 0.5) is 17.5 Å². The van der Waals surface area contributed by atoms with Gasteiger partial charge in [-0.1, -0.05) is 5.57 Å². The third kappa shape index (κ3) is 6.54. The molecule has 0 atom stereocenters. The Kier molecular flexibility index (Phi) is 8.37. The molecule has 0 saturated carbocycles. The third-order valence-corrected chi connectivity index (χ3v) is 7.68. The minimum atomic E-state index is -0.421. The maximum Gasteiger partial charge on any atom is 0.294 e. The number of hydrogen-bond acceptors (Lipinski definition) is 10. The van der Waals surface area contributed by atoms with Gasteiger partial charge in [0.15, 0.2) is 0 Å². The van der Waals surface area contributed by atoms with Crippen LogP contribution in [0.3, 0.4) is 0 Å². The minimum absolute atomic E-state index is 0.245. The number of ether oxygens (including phenoxy) is 1. The van der Waals surface area contributed by atoms with E-state index in [0.717, 1.165) is 80.4 Å². The summed E-state index contributed by atoms with van der Waals surface area (Å²) in [4.78, 5) is 46.8. The predicted molar refractivity (Wildman–Crippen MR) is 151 cm³/mol. The Morgan fingerprint density at radius 3 is 2.23 bits per heavy atom. The van der Waals surface area contributed by atoms with Crippen molar-refractivity contribution in [2.75, 3.05) is 81.1 Å². The number of nitrogens with zero attached hydrogens (tertiary/aromatic N) is 7. The molecule has 0 aliphatic carbocycles. The summed E-state index contributed by atoms with van der Waals surface area (Å²) >= 11 is 0. The van der Waals surface area contributed by atoms with Crippen LogP contribution in [0.2, 0.25) is 0 Å². The van der Waals surface area contributed by atoms with E-state index in [4.69, 9.17) is 15.5 Å². The average Bonchev–Trinajstić information content (AvgIpc) is 2.97. The van der Waals surface area contributed by atoms with Crippen LogP contribution >= 0.6 is 0 Å². The number of nitrogens with two attached hydrogens (primary N) is 1. The first-order valence-electron chi connectivity index (χ1n) is 13.8. The smallest absolute Gasteiger partial charge is 0.294 e. The van der Waals surface area contributed by atoms with Gasteiger partial charge in [0.25, 0.3) is 5.91 Å². The highest BCUT2D eigenvalue weighted by Crippen LogP contribution is 2.31. The van der Waals surface area contributed by atoms with Gasteiger partial charge in [0.2, 0.25) is 11.7 Å².